The average molecular weight is 439 g/mol. The van der Waals surface area contributed by atoms with E-state index in [0.29, 0.717) is 5.02 Å². The molecule has 0 aromatic heterocycles. The molecule has 0 saturated heterocycles. The van der Waals surface area contributed by atoms with Crippen LogP contribution in [0.3, 0.4) is 0 Å². The smallest absolute Gasteiger partial charge is 0.247 e. The molecule has 0 heterocycles. The first kappa shape index (κ1) is 22.4. The van der Waals surface area contributed by atoms with Crippen LogP contribution in [-0.4, -0.2) is 34.7 Å². The molecule has 0 spiro atoms. The highest BCUT2D eigenvalue weighted by atomic mass is 35.5. The number of carbonyl (C=O) groups is 2. The van der Waals surface area contributed by atoms with Crippen molar-refractivity contribution in [3.05, 3.63) is 34.9 Å². The van der Waals surface area contributed by atoms with E-state index in [9.17, 15) is 9.59 Å². The molecular formula is C23H32Cl2N2O2. The number of hydrogen-bond acceptors (Lipinski definition) is 2. The summed E-state index contributed by atoms with van der Waals surface area (Å²) in [5, 5.41) is 3.85. The maximum absolute atomic E-state index is 13.5. The summed E-state index contributed by atoms with van der Waals surface area (Å²) in [6.07, 6.45) is 11.9. The van der Waals surface area contributed by atoms with Crippen molar-refractivity contribution in [2.24, 2.45) is 0 Å². The monoisotopic (exact) mass is 438 g/mol. The molecule has 2 aliphatic carbocycles. The Morgan fingerprint density at radius 3 is 2.07 bits per heavy atom. The molecule has 29 heavy (non-hydrogen) atoms. The molecule has 6 heteroatoms. The lowest BCUT2D eigenvalue weighted by atomic mass is 9.94. The van der Waals surface area contributed by atoms with E-state index in [2.05, 4.69) is 5.32 Å². The number of rotatable bonds is 6. The first-order chi connectivity index (χ1) is 14.1. The van der Waals surface area contributed by atoms with Crippen molar-refractivity contribution >= 4 is 35.0 Å². The van der Waals surface area contributed by atoms with E-state index in [4.69, 9.17) is 23.2 Å². The predicted molar refractivity (Wildman–Crippen MR) is 118 cm³/mol. The summed E-state index contributed by atoms with van der Waals surface area (Å²) in [5.74, 6) is -0.378. The van der Waals surface area contributed by atoms with Crippen molar-refractivity contribution in [3.63, 3.8) is 0 Å². The number of amides is 2. The molecule has 2 saturated carbocycles. The lowest BCUT2D eigenvalue weighted by molar-refractivity contribution is -0.142. The van der Waals surface area contributed by atoms with Gasteiger partial charge in [-0.3, -0.25) is 9.59 Å². The molecule has 1 atom stereocenters. The second-order valence-electron chi connectivity index (χ2n) is 8.38. The van der Waals surface area contributed by atoms with Gasteiger partial charge in [0.05, 0.1) is 0 Å². The van der Waals surface area contributed by atoms with Crippen molar-refractivity contribution in [1.82, 2.24) is 10.2 Å². The SMILES string of the molecule is O=C(NC1CCCCC1)C(c1ccc(Cl)cc1)N(C(=O)CCl)C1CCCCCC1. The maximum Gasteiger partial charge on any atom is 0.247 e. The van der Waals surface area contributed by atoms with Gasteiger partial charge in [-0.15, -0.1) is 11.6 Å². The molecule has 1 N–H and O–H groups in total. The van der Waals surface area contributed by atoms with Crippen LogP contribution >= 0.6 is 23.2 Å². The van der Waals surface area contributed by atoms with E-state index in [1.165, 1.54) is 19.3 Å². The highest BCUT2D eigenvalue weighted by molar-refractivity contribution is 6.30. The zero-order chi connectivity index (χ0) is 20.6. The average Bonchev–Trinajstić information content (AvgIpc) is 3.02. The topological polar surface area (TPSA) is 49.4 Å². The Labute approximate surface area is 184 Å². The molecule has 3 rings (SSSR count). The van der Waals surface area contributed by atoms with Gasteiger partial charge < -0.3 is 10.2 Å². The Morgan fingerprint density at radius 1 is 0.931 bits per heavy atom. The number of hydrogen-bond donors (Lipinski definition) is 1. The van der Waals surface area contributed by atoms with Crippen LogP contribution < -0.4 is 5.32 Å². The van der Waals surface area contributed by atoms with E-state index in [1.54, 1.807) is 17.0 Å². The Bertz CT molecular complexity index is 666. The lowest BCUT2D eigenvalue weighted by Gasteiger charge is -2.38. The first-order valence-corrected chi connectivity index (χ1v) is 11.9. The normalized spacial score (nSPS) is 19.9. The number of benzene rings is 1. The Hall–Kier alpha value is -1.26. The van der Waals surface area contributed by atoms with E-state index < -0.39 is 6.04 Å². The lowest BCUT2D eigenvalue weighted by Crippen LogP contribution is -2.51. The molecule has 160 valence electrons. The number of nitrogens with one attached hydrogen (secondary N) is 1. The number of nitrogens with zero attached hydrogens (tertiary/aromatic N) is 1. The van der Waals surface area contributed by atoms with Crippen molar-refractivity contribution in [2.75, 3.05) is 5.88 Å². The van der Waals surface area contributed by atoms with Crippen LogP contribution in [-0.2, 0) is 9.59 Å². The van der Waals surface area contributed by atoms with Crippen LogP contribution in [0.2, 0.25) is 5.02 Å². The quantitative estimate of drug-likeness (QED) is 0.462. The van der Waals surface area contributed by atoms with Gasteiger partial charge in [0.15, 0.2) is 0 Å². The standard InChI is InChI=1S/C23H32Cl2N2O2/c24-16-21(28)27(20-10-6-1-2-7-11-20)22(17-12-14-18(25)15-13-17)23(29)26-19-8-4-3-5-9-19/h12-15,19-20,22H,1-11,16H2,(H,26,29). The Kier molecular flexibility index (Phi) is 8.68. The van der Waals surface area contributed by atoms with E-state index in [1.807, 2.05) is 12.1 Å². The third kappa shape index (κ3) is 6.11. The van der Waals surface area contributed by atoms with Crippen LogP contribution in [0.4, 0.5) is 0 Å². The van der Waals surface area contributed by atoms with Gasteiger partial charge in [-0.25, -0.2) is 0 Å². The van der Waals surface area contributed by atoms with E-state index in [0.717, 1.165) is 56.9 Å². The van der Waals surface area contributed by atoms with Crippen LogP contribution in [0.5, 0.6) is 0 Å². The number of halogens is 2. The van der Waals surface area contributed by atoms with Gasteiger partial charge in [0.2, 0.25) is 11.8 Å². The number of carbonyl (C=O) groups excluding carboxylic acids is 2. The highest BCUT2D eigenvalue weighted by Gasteiger charge is 2.37. The fourth-order valence-electron chi connectivity index (χ4n) is 4.77. The second kappa shape index (κ2) is 11.2. The predicted octanol–water partition coefficient (Wildman–Crippen LogP) is 5.62. The third-order valence-corrected chi connectivity index (χ3v) is 6.76. The molecule has 1 unspecified atom stereocenters. The summed E-state index contributed by atoms with van der Waals surface area (Å²) in [6, 6.07) is 6.86. The summed E-state index contributed by atoms with van der Waals surface area (Å²) in [5.41, 5.74) is 0.797. The second-order valence-corrected chi connectivity index (χ2v) is 9.08. The molecule has 0 bridgehead atoms. The summed E-state index contributed by atoms with van der Waals surface area (Å²) >= 11 is 12.1. The van der Waals surface area contributed by atoms with E-state index in [-0.39, 0.29) is 29.8 Å². The Balaban J connectivity index is 1.92. The van der Waals surface area contributed by atoms with Gasteiger partial charge in [0.1, 0.15) is 11.9 Å². The van der Waals surface area contributed by atoms with Gasteiger partial charge in [-0.2, -0.15) is 0 Å². The van der Waals surface area contributed by atoms with Crippen molar-refractivity contribution in [2.45, 2.75) is 88.8 Å². The van der Waals surface area contributed by atoms with Gasteiger partial charge in [-0.1, -0.05) is 68.7 Å². The van der Waals surface area contributed by atoms with Crippen LogP contribution in [0, 0.1) is 0 Å². The zero-order valence-electron chi connectivity index (χ0n) is 17.0. The summed E-state index contributed by atoms with van der Waals surface area (Å²) < 4.78 is 0. The van der Waals surface area contributed by atoms with Crippen LogP contribution in [0.1, 0.15) is 82.2 Å². The minimum Gasteiger partial charge on any atom is -0.351 e. The maximum atomic E-state index is 13.5. The molecule has 4 nitrogen and oxygen atoms in total. The molecule has 1 aromatic rings. The minimum atomic E-state index is -0.663. The van der Waals surface area contributed by atoms with Crippen LogP contribution in [0.25, 0.3) is 0 Å². The number of alkyl halides is 1. The summed E-state index contributed by atoms with van der Waals surface area (Å²) in [7, 11) is 0. The molecule has 0 radical (unpaired) electrons. The van der Waals surface area contributed by atoms with E-state index >= 15 is 0 Å². The molecule has 1 aromatic carbocycles. The Morgan fingerprint density at radius 2 is 1.48 bits per heavy atom. The first-order valence-electron chi connectivity index (χ1n) is 11.0. The largest absolute Gasteiger partial charge is 0.351 e. The zero-order valence-corrected chi connectivity index (χ0v) is 18.6. The fourth-order valence-corrected chi connectivity index (χ4v) is 5.04. The van der Waals surface area contributed by atoms with Gasteiger partial charge in [-0.05, 0) is 43.4 Å². The van der Waals surface area contributed by atoms with Gasteiger partial charge in [0, 0.05) is 17.1 Å². The molecule has 2 amide bonds. The van der Waals surface area contributed by atoms with Gasteiger partial charge in [0.25, 0.3) is 0 Å². The molecule has 2 fully saturated rings. The van der Waals surface area contributed by atoms with Crippen molar-refractivity contribution in [3.8, 4) is 0 Å². The summed E-state index contributed by atoms with van der Waals surface area (Å²) in [4.78, 5) is 28.3. The summed E-state index contributed by atoms with van der Waals surface area (Å²) in [6.45, 7) is 0. The third-order valence-electron chi connectivity index (χ3n) is 6.28. The molecule has 2 aliphatic rings. The fraction of sp³-hybridized carbons (Fsp3) is 0.652. The van der Waals surface area contributed by atoms with Gasteiger partial charge >= 0.3 is 0 Å². The molecule has 0 aliphatic heterocycles. The van der Waals surface area contributed by atoms with Crippen molar-refractivity contribution in [1.29, 1.82) is 0 Å². The highest BCUT2D eigenvalue weighted by Crippen LogP contribution is 2.32. The molecular weight excluding hydrogens is 407 g/mol. The van der Waals surface area contributed by atoms with Crippen LogP contribution in [0.15, 0.2) is 24.3 Å². The minimum absolute atomic E-state index is 0.0431. The van der Waals surface area contributed by atoms with Crippen molar-refractivity contribution < 1.29 is 9.59 Å².